The van der Waals surface area contributed by atoms with Gasteiger partial charge in [0.05, 0.1) is 77.1 Å². The molecule has 0 radical (unpaired) electrons. The molecule has 0 saturated carbocycles. The van der Waals surface area contributed by atoms with Crippen molar-refractivity contribution in [3.63, 3.8) is 0 Å². The standard InChI is InChI=1S/C27H26FNO5.C25H22FNO5.C20H19BrO5.C7H9BFNO2.ClH.Li.H2O/c1-3-32-24(30)14-18-6-5-9-23(31-2)27(18)34-16-17-12-19-10-11-33-26(19)22(13-17)21-8-4-7-20(15-29)25(21)28;1-30-21-7-3-4-16(12-22(28)29)25(21)32-14-15-10-17-8-9-31-24(17)20(11-15)19-6-2-5-18(13-27)23(19)26;1-3-24-18(22)11-14-5-4-6-17(23-2)20(14)26-12-13-9-15-7-8-25-19(15)16(21)10-13;9-7-5(4-10)2-1-3-6(7)8(11)12;;;/h4-13H,3,14-16,29H2,1-2H3;2-11H,12-14,27H2,1H3,(H,28,29);4-10H,3,11-12H2,1-2H3;1-3,11-12H,4,10H2;1H;;1H2/q;;;;;+1;/p-1. The normalized spacial score (nSPS) is 10.5. The van der Waals surface area contributed by atoms with Crippen LogP contribution in [0.25, 0.3) is 55.2 Å². The second-order valence-corrected chi connectivity index (χ2v) is 23.8. The number of para-hydroxylation sites is 3. The third-order valence-corrected chi connectivity index (χ3v) is 16.8. The van der Waals surface area contributed by atoms with Crippen LogP contribution < -0.4 is 69.9 Å². The fraction of sp³-hybridized carbons (Fsp3) is 0.203. The van der Waals surface area contributed by atoms with Gasteiger partial charge in [-0.2, -0.15) is 0 Å². The van der Waals surface area contributed by atoms with E-state index < -0.39 is 18.9 Å². The van der Waals surface area contributed by atoms with E-state index in [9.17, 15) is 23.9 Å². The monoisotopic (exact) mass is 1550 g/mol. The third kappa shape index (κ3) is 21.8. The minimum Gasteiger partial charge on any atom is -0.870 e. The number of esters is 2. The van der Waals surface area contributed by atoms with Crippen molar-refractivity contribution in [3.8, 4) is 56.8 Å². The van der Waals surface area contributed by atoms with Gasteiger partial charge in [0.2, 0.25) is 0 Å². The molecule has 0 atom stereocenters. The average molecular weight is 1550 g/mol. The molecule has 0 unspecified atom stereocenters. The molecular formula is C79H78BBrClF3LiN3O18. The van der Waals surface area contributed by atoms with E-state index in [1.165, 1.54) is 25.3 Å². The quantitative estimate of drug-likeness (QED) is 0.0217. The van der Waals surface area contributed by atoms with Crippen molar-refractivity contribution in [2.75, 3.05) is 34.5 Å². The Labute approximate surface area is 641 Å². The van der Waals surface area contributed by atoms with Crippen LogP contribution in [-0.4, -0.2) is 80.2 Å². The molecule has 0 spiro atoms. The molecule has 0 aliphatic carbocycles. The van der Waals surface area contributed by atoms with Crippen LogP contribution in [0.15, 0.2) is 200 Å². The molecule has 10 N–H and O–H groups in total. The second-order valence-electron chi connectivity index (χ2n) is 23.0. The van der Waals surface area contributed by atoms with Crippen molar-refractivity contribution >= 4 is 91.7 Å². The Morgan fingerprint density at radius 2 is 0.794 bits per heavy atom. The van der Waals surface area contributed by atoms with E-state index in [1.807, 2.05) is 54.6 Å². The number of hydrogen-bond donors (Lipinski definition) is 6. The van der Waals surface area contributed by atoms with Crippen LogP contribution in [0.3, 0.4) is 0 Å². The van der Waals surface area contributed by atoms with E-state index in [0.717, 1.165) is 48.5 Å². The van der Waals surface area contributed by atoms with Gasteiger partial charge in [-0.3, -0.25) is 14.4 Å². The molecular weight excluding hydrogens is 1470 g/mol. The first-order valence-electron chi connectivity index (χ1n) is 32.7. The maximum absolute atomic E-state index is 15.1. The van der Waals surface area contributed by atoms with E-state index in [4.69, 9.17) is 78.4 Å². The SMILES string of the molecule is CCOC(=O)Cc1cccc(OC)c1OCc1cc(-c2cccc(CN)c2F)c2occc2c1.CCOC(=O)Cc1cccc(OC)c1OCc1cc(Br)c2occc2c1.COc1cccc(CC(=O)O)c1OCc1cc(-c2cccc(CN)c2F)c2occc2c1.Cl.NCc1cccc(B(O)O)c1F.[Li+].[OH-]. The first-order valence-corrected chi connectivity index (χ1v) is 33.5. The van der Waals surface area contributed by atoms with Crippen LogP contribution in [-0.2, 0) is 82.6 Å². The molecule has 0 amide bonds. The van der Waals surface area contributed by atoms with Gasteiger partial charge in [-0.05, 0) is 119 Å². The van der Waals surface area contributed by atoms with Gasteiger partial charge in [-0.25, -0.2) is 13.2 Å². The average Bonchev–Trinajstić information content (AvgIpc) is 1.26. The zero-order valence-corrected chi connectivity index (χ0v) is 61.7. The summed E-state index contributed by atoms with van der Waals surface area (Å²) in [6, 6.07) is 47.4. The van der Waals surface area contributed by atoms with Crippen molar-refractivity contribution in [2.24, 2.45) is 17.2 Å². The number of carbonyl (C=O) groups is 3. The molecule has 0 fully saturated rings. The molecule has 107 heavy (non-hydrogen) atoms. The Hall–Kier alpha value is -10.2. The van der Waals surface area contributed by atoms with Crippen LogP contribution in [0.1, 0.15) is 63.9 Å². The predicted molar refractivity (Wildman–Crippen MR) is 400 cm³/mol. The number of rotatable bonds is 26. The zero-order valence-electron chi connectivity index (χ0n) is 59.3. The number of aliphatic carboxylic acids is 1. The van der Waals surface area contributed by atoms with Crippen LogP contribution in [0, 0.1) is 17.5 Å². The van der Waals surface area contributed by atoms with E-state index in [-0.39, 0.29) is 123 Å². The number of ether oxygens (including phenoxy) is 8. The number of carbonyl (C=O) groups excluding carboxylic acids is 2. The van der Waals surface area contributed by atoms with Gasteiger partial charge in [0, 0.05) is 96.9 Å². The number of fused-ring (bicyclic) bond motifs is 3. The number of carboxylic acid groups (broad SMARTS) is 1. The molecule has 3 heterocycles. The summed E-state index contributed by atoms with van der Waals surface area (Å²) in [7, 11) is 2.83. The Morgan fingerprint density at radius 3 is 1.16 bits per heavy atom. The van der Waals surface area contributed by atoms with E-state index in [2.05, 4.69) is 15.9 Å². The summed E-state index contributed by atoms with van der Waals surface area (Å²) in [6.07, 6.45) is 4.76. The van der Waals surface area contributed by atoms with Gasteiger partial charge in [-0.1, -0.05) is 91.0 Å². The number of halogens is 5. The molecule has 556 valence electrons. The van der Waals surface area contributed by atoms with E-state index in [0.29, 0.717) is 110 Å². The molecule has 21 nitrogen and oxygen atoms in total. The summed E-state index contributed by atoms with van der Waals surface area (Å²) < 4.78 is 105. The molecule has 3 aromatic heterocycles. The van der Waals surface area contributed by atoms with Gasteiger partial charge in [0.25, 0.3) is 0 Å². The van der Waals surface area contributed by atoms with Gasteiger partial charge in [0.15, 0.2) is 34.5 Å². The van der Waals surface area contributed by atoms with Crippen LogP contribution in [0.4, 0.5) is 13.2 Å². The Balaban J connectivity index is 0.000000231. The van der Waals surface area contributed by atoms with Gasteiger partial charge in [-0.15, -0.1) is 12.4 Å². The molecule has 9 aromatic carbocycles. The number of carboxylic acids is 1. The van der Waals surface area contributed by atoms with Crippen LogP contribution >= 0.6 is 28.3 Å². The molecule has 0 aliphatic rings. The van der Waals surface area contributed by atoms with Gasteiger partial charge >= 0.3 is 43.9 Å². The fourth-order valence-electron chi connectivity index (χ4n) is 11.3. The number of furan rings is 3. The predicted octanol–water partition coefficient (Wildman–Crippen LogP) is 11.4. The first-order chi connectivity index (χ1) is 50.3. The topological polar surface area (TPSA) is 333 Å². The first kappa shape index (κ1) is 85.7. The van der Waals surface area contributed by atoms with Crippen molar-refractivity contribution in [2.45, 2.75) is 72.6 Å². The van der Waals surface area contributed by atoms with Crippen molar-refractivity contribution < 1.29 is 118 Å². The smallest absolute Gasteiger partial charge is 0.870 e. The molecule has 0 saturated heterocycles. The summed E-state index contributed by atoms with van der Waals surface area (Å²) in [5.41, 5.74) is 25.9. The number of hydrogen-bond acceptors (Lipinski definition) is 20. The Kier molecular flexibility index (Phi) is 33.3. The summed E-state index contributed by atoms with van der Waals surface area (Å²) >= 11 is 3.51. The maximum atomic E-state index is 15.1. The Bertz CT molecular complexity index is 4960. The summed E-state index contributed by atoms with van der Waals surface area (Å²) in [5.74, 6) is -0.126. The van der Waals surface area contributed by atoms with Gasteiger partial charge in [0.1, 0.15) is 54.0 Å². The minimum atomic E-state index is -1.78. The van der Waals surface area contributed by atoms with Crippen molar-refractivity contribution in [1.82, 2.24) is 0 Å². The second kappa shape index (κ2) is 41.6. The summed E-state index contributed by atoms with van der Waals surface area (Å²) in [4.78, 5) is 35.2. The maximum Gasteiger partial charge on any atom is 1.00 e. The van der Waals surface area contributed by atoms with Crippen LogP contribution in [0.5, 0.6) is 34.5 Å². The fourth-order valence-corrected chi connectivity index (χ4v) is 11.9. The number of methoxy groups -OCH3 is 3. The van der Waals surface area contributed by atoms with Crippen LogP contribution in [0.2, 0.25) is 0 Å². The summed E-state index contributed by atoms with van der Waals surface area (Å²) in [6.45, 7) is 5.04. The number of nitrogens with two attached hydrogens (primary N) is 3. The molecule has 28 heteroatoms. The van der Waals surface area contributed by atoms with Gasteiger partial charge < -0.3 is 89.0 Å². The molecule has 0 bridgehead atoms. The third-order valence-electron chi connectivity index (χ3n) is 16.2. The molecule has 12 rings (SSSR count). The minimum absolute atomic E-state index is 0. The van der Waals surface area contributed by atoms with E-state index in [1.54, 1.807) is 138 Å². The number of benzene rings is 9. The molecule has 0 aliphatic heterocycles. The zero-order chi connectivity index (χ0) is 74.4. The summed E-state index contributed by atoms with van der Waals surface area (Å²) in [5, 5.41) is 29.2. The van der Waals surface area contributed by atoms with Crippen molar-refractivity contribution in [1.29, 1.82) is 0 Å². The van der Waals surface area contributed by atoms with Crippen molar-refractivity contribution in [3.05, 3.63) is 255 Å². The molecule has 12 aromatic rings. The largest absolute Gasteiger partial charge is 1.00 e. The van der Waals surface area contributed by atoms with E-state index >= 15 is 8.78 Å². The Morgan fingerprint density at radius 1 is 0.458 bits per heavy atom.